The zero-order valence-corrected chi connectivity index (χ0v) is 16.3. The molecule has 1 aromatic heterocycles. The molecule has 0 fully saturated rings. The van der Waals surface area contributed by atoms with Crippen LogP contribution in [0.25, 0.3) is 16.1 Å². The highest BCUT2D eigenvalue weighted by molar-refractivity contribution is 6.99. The van der Waals surface area contributed by atoms with Gasteiger partial charge in [0, 0.05) is 25.2 Å². The third-order valence-corrected chi connectivity index (χ3v) is 3.97. The Morgan fingerprint density at radius 1 is 1.31 bits per heavy atom. The van der Waals surface area contributed by atoms with Gasteiger partial charge in [-0.1, -0.05) is 24.3 Å². The maximum Gasteiger partial charge on any atom is 0.407 e. The summed E-state index contributed by atoms with van der Waals surface area (Å²) in [6.07, 6.45) is -0.415. The summed E-state index contributed by atoms with van der Waals surface area (Å²) < 4.78 is 14.0. The Balaban J connectivity index is 1.88. The molecule has 26 heavy (non-hydrogen) atoms. The first-order chi connectivity index (χ1) is 12.3. The third kappa shape index (κ3) is 6.10. The van der Waals surface area contributed by atoms with Crippen molar-refractivity contribution in [2.45, 2.75) is 32.9 Å². The number of carbonyl (C=O) groups excluding carboxylic acids is 1. The van der Waals surface area contributed by atoms with Gasteiger partial charge in [-0.15, -0.1) is 0 Å². The molecule has 0 saturated heterocycles. The Morgan fingerprint density at radius 2 is 2.00 bits per heavy atom. The minimum Gasteiger partial charge on any atom is -0.444 e. The number of benzene rings is 1. The minimum absolute atomic E-state index is 0.415. The summed E-state index contributed by atoms with van der Waals surface area (Å²) in [5.41, 5.74) is 2.76. The van der Waals surface area contributed by atoms with Crippen LogP contribution in [0.3, 0.4) is 0 Å². The molecule has 0 atom stereocenters. The number of nitrogens with zero attached hydrogens (tertiary/aromatic N) is 4. The molecule has 8 heteroatoms. The summed E-state index contributed by atoms with van der Waals surface area (Å²) in [5.74, 6) is 0. The molecule has 1 amide bonds. The number of hydrogen-bond donors (Lipinski definition) is 1. The van der Waals surface area contributed by atoms with Crippen LogP contribution < -0.4 is 5.32 Å². The van der Waals surface area contributed by atoms with Crippen LogP contribution in [0, 0.1) is 6.57 Å². The van der Waals surface area contributed by atoms with Gasteiger partial charge in [0.05, 0.1) is 24.0 Å². The second kappa shape index (κ2) is 8.74. The lowest BCUT2D eigenvalue weighted by molar-refractivity contribution is 0.0523. The zero-order chi connectivity index (χ0) is 19.2. The highest BCUT2D eigenvalue weighted by Crippen LogP contribution is 2.25. The molecule has 1 aromatic carbocycles. The SMILES string of the molecule is [C-]#[N+]c1ccc(-c2nsnc2CN(C)CCNC(=O)OC(C)(C)C)cc1. The normalized spacial score (nSPS) is 11.2. The molecular weight excluding hydrogens is 350 g/mol. The molecule has 0 aliphatic heterocycles. The number of ether oxygens (including phenoxy) is 1. The second-order valence-electron chi connectivity index (χ2n) is 6.88. The number of rotatable bonds is 6. The van der Waals surface area contributed by atoms with E-state index in [1.807, 2.05) is 40.0 Å². The molecule has 0 bridgehead atoms. The van der Waals surface area contributed by atoms with E-state index in [9.17, 15) is 4.79 Å². The van der Waals surface area contributed by atoms with Crippen molar-refractivity contribution >= 4 is 23.5 Å². The first-order valence-electron chi connectivity index (χ1n) is 8.23. The lowest BCUT2D eigenvalue weighted by Crippen LogP contribution is -2.36. The second-order valence-corrected chi connectivity index (χ2v) is 7.41. The van der Waals surface area contributed by atoms with Crippen LogP contribution in [0.2, 0.25) is 0 Å². The maximum atomic E-state index is 11.7. The van der Waals surface area contributed by atoms with Crippen molar-refractivity contribution in [3.8, 4) is 11.3 Å². The smallest absolute Gasteiger partial charge is 0.407 e. The molecule has 0 unspecified atom stereocenters. The summed E-state index contributed by atoms with van der Waals surface area (Å²) in [4.78, 5) is 17.1. The van der Waals surface area contributed by atoms with E-state index in [4.69, 9.17) is 11.3 Å². The molecule has 2 aromatic rings. The molecule has 0 saturated carbocycles. The Labute approximate surface area is 158 Å². The van der Waals surface area contributed by atoms with Gasteiger partial charge in [0.15, 0.2) is 5.69 Å². The molecule has 1 N–H and O–H groups in total. The van der Waals surface area contributed by atoms with E-state index in [1.165, 1.54) is 11.7 Å². The van der Waals surface area contributed by atoms with Crippen molar-refractivity contribution in [2.24, 2.45) is 0 Å². The topological polar surface area (TPSA) is 71.7 Å². The lowest BCUT2D eigenvalue weighted by atomic mass is 10.1. The molecular formula is C18H23N5O2S. The van der Waals surface area contributed by atoms with E-state index in [2.05, 4.69) is 23.8 Å². The van der Waals surface area contributed by atoms with E-state index in [-0.39, 0.29) is 0 Å². The largest absolute Gasteiger partial charge is 0.444 e. The Bertz CT molecular complexity index is 774. The molecule has 0 aliphatic carbocycles. The predicted octanol–water partition coefficient (Wildman–Crippen LogP) is 3.71. The van der Waals surface area contributed by atoms with E-state index >= 15 is 0 Å². The van der Waals surface area contributed by atoms with Crippen LogP contribution in [0.1, 0.15) is 26.5 Å². The van der Waals surface area contributed by atoms with Gasteiger partial charge in [-0.3, -0.25) is 4.90 Å². The first kappa shape index (κ1) is 19.8. The van der Waals surface area contributed by atoms with Gasteiger partial charge in [0.25, 0.3) is 0 Å². The molecule has 1 heterocycles. The maximum absolute atomic E-state index is 11.7. The number of carbonyl (C=O) groups is 1. The highest BCUT2D eigenvalue weighted by atomic mass is 32.1. The van der Waals surface area contributed by atoms with Gasteiger partial charge in [-0.05, 0) is 27.8 Å². The number of aromatic nitrogens is 2. The van der Waals surface area contributed by atoms with Gasteiger partial charge in [0.2, 0.25) is 0 Å². The van der Waals surface area contributed by atoms with Crippen molar-refractivity contribution < 1.29 is 9.53 Å². The summed E-state index contributed by atoms with van der Waals surface area (Å²) in [6, 6.07) is 7.33. The van der Waals surface area contributed by atoms with Gasteiger partial charge < -0.3 is 10.1 Å². The summed E-state index contributed by atoms with van der Waals surface area (Å²) in [6.45, 7) is 14.3. The Morgan fingerprint density at radius 3 is 2.62 bits per heavy atom. The first-order valence-corrected chi connectivity index (χ1v) is 8.96. The number of amides is 1. The fourth-order valence-corrected chi connectivity index (χ4v) is 2.80. The van der Waals surface area contributed by atoms with Crippen molar-refractivity contribution in [3.63, 3.8) is 0 Å². The van der Waals surface area contributed by atoms with Crippen LogP contribution in [0.5, 0.6) is 0 Å². The number of nitrogens with one attached hydrogen (secondary N) is 1. The molecule has 0 spiro atoms. The van der Waals surface area contributed by atoms with Crippen LogP contribution in [-0.2, 0) is 11.3 Å². The third-order valence-electron chi connectivity index (χ3n) is 3.41. The van der Waals surface area contributed by atoms with E-state index in [0.717, 1.165) is 17.0 Å². The molecule has 138 valence electrons. The van der Waals surface area contributed by atoms with Crippen molar-refractivity contribution in [3.05, 3.63) is 41.4 Å². The Kier molecular flexibility index (Phi) is 6.66. The van der Waals surface area contributed by atoms with E-state index < -0.39 is 11.7 Å². The zero-order valence-electron chi connectivity index (χ0n) is 15.4. The van der Waals surface area contributed by atoms with Crippen molar-refractivity contribution in [2.75, 3.05) is 20.1 Å². The molecule has 0 radical (unpaired) electrons. The monoisotopic (exact) mass is 373 g/mol. The fourth-order valence-electron chi connectivity index (χ4n) is 2.22. The number of alkyl carbamates (subject to hydrolysis) is 1. The molecule has 2 rings (SSSR count). The minimum atomic E-state index is -0.500. The van der Waals surface area contributed by atoms with Gasteiger partial charge in [-0.25, -0.2) is 9.64 Å². The van der Waals surface area contributed by atoms with Crippen molar-refractivity contribution in [1.82, 2.24) is 19.0 Å². The van der Waals surface area contributed by atoms with Crippen molar-refractivity contribution in [1.29, 1.82) is 0 Å². The highest BCUT2D eigenvalue weighted by Gasteiger charge is 2.16. The average molecular weight is 373 g/mol. The van der Waals surface area contributed by atoms with Crippen LogP contribution >= 0.6 is 11.7 Å². The van der Waals surface area contributed by atoms with Crippen LogP contribution in [0.4, 0.5) is 10.5 Å². The summed E-state index contributed by atoms with van der Waals surface area (Å²) in [7, 11) is 1.96. The average Bonchev–Trinajstić information content (AvgIpc) is 3.01. The van der Waals surface area contributed by atoms with E-state index in [1.54, 1.807) is 12.1 Å². The number of likely N-dealkylation sites (N-methyl/N-ethyl adjacent to an activating group) is 1. The van der Waals surface area contributed by atoms with Gasteiger partial charge in [-0.2, -0.15) is 8.75 Å². The van der Waals surface area contributed by atoms with Gasteiger partial charge >= 0.3 is 6.09 Å². The van der Waals surface area contributed by atoms with Gasteiger partial charge in [0.1, 0.15) is 11.3 Å². The Hall–Kier alpha value is -2.50. The summed E-state index contributed by atoms with van der Waals surface area (Å²) in [5, 5.41) is 2.74. The molecule has 7 nitrogen and oxygen atoms in total. The van der Waals surface area contributed by atoms with Crippen LogP contribution in [-0.4, -0.2) is 45.5 Å². The molecule has 0 aliphatic rings. The number of hydrogen-bond acceptors (Lipinski definition) is 6. The quantitative estimate of drug-likeness (QED) is 0.782. The standard InChI is InChI=1S/C18H23N5O2S/c1-18(2,3)25-17(24)20-10-11-23(5)12-15-16(22-26-21-15)13-6-8-14(19-4)9-7-13/h6-9H,10-12H2,1-3,5H3,(H,20,24). The van der Waals surface area contributed by atoms with Crippen LogP contribution in [0.15, 0.2) is 24.3 Å². The fraction of sp³-hybridized carbons (Fsp3) is 0.444. The van der Waals surface area contributed by atoms with E-state index in [0.29, 0.717) is 25.3 Å². The summed E-state index contributed by atoms with van der Waals surface area (Å²) >= 11 is 1.17. The lowest BCUT2D eigenvalue weighted by Gasteiger charge is -2.21. The predicted molar refractivity (Wildman–Crippen MR) is 102 cm³/mol.